The fraction of sp³-hybridized carbons (Fsp3) is 0.300. The summed E-state index contributed by atoms with van der Waals surface area (Å²) in [4.78, 5) is 5.59. The number of hydrogen-bond donors (Lipinski definition) is 0. The van der Waals surface area contributed by atoms with Gasteiger partial charge < -0.3 is 9.26 Å². The van der Waals surface area contributed by atoms with Crippen molar-refractivity contribution in [3.8, 4) is 0 Å². The van der Waals surface area contributed by atoms with Crippen LogP contribution in [0.2, 0.25) is 0 Å². The maximum atomic E-state index is 12.9. The van der Waals surface area contributed by atoms with Crippen LogP contribution in [0.25, 0.3) is 12.2 Å². The maximum absolute atomic E-state index is 12.9. The van der Waals surface area contributed by atoms with Crippen LogP contribution < -0.4 is 0 Å². The Morgan fingerprint density at radius 1 is 1.06 bits per heavy atom. The van der Waals surface area contributed by atoms with E-state index < -0.39 is 22.1 Å². The van der Waals surface area contributed by atoms with Crippen LogP contribution in [0.3, 0.4) is 0 Å². The third-order valence-corrected chi connectivity index (χ3v) is 6.46. The van der Waals surface area contributed by atoms with Gasteiger partial charge in [-0.05, 0) is 41.5 Å². The van der Waals surface area contributed by atoms with E-state index in [4.69, 9.17) is 4.74 Å². The molecule has 2 aromatic heterocycles. The first-order valence-electron chi connectivity index (χ1n) is 9.63. The molecule has 1 aliphatic heterocycles. The second kappa shape index (κ2) is 8.88. The van der Waals surface area contributed by atoms with Crippen molar-refractivity contribution in [3.63, 3.8) is 0 Å². The van der Waals surface area contributed by atoms with E-state index in [2.05, 4.69) is 19.6 Å². The molecule has 0 radical (unpaired) electrons. The maximum Gasteiger partial charge on any atom is 0.471 e. The highest BCUT2D eigenvalue weighted by Gasteiger charge is 2.38. The zero-order valence-corrected chi connectivity index (χ0v) is 17.5. The van der Waals surface area contributed by atoms with E-state index in [1.807, 2.05) is 0 Å². The van der Waals surface area contributed by atoms with Crippen LogP contribution >= 0.6 is 0 Å². The van der Waals surface area contributed by atoms with Gasteiger partial charge in [0, 0.05) is 32.0 Å². The fourth-order valence-corrected chi connectivity index (χ4v) is 4.34. The van der Waals surface area contributed by atoms with Gasteiger partial charge in [-0.25, -0.2) is 12.4 Å². The Morgan fingerprint density at radius 2 is 1.78 bits per heavy atom. The van der Waals surface area contributed by atoms with Gasteiger partial charge in [0.2, 0.25) is 0 Å². The molecule has 0 saturated carbocycles. The molecule has 1 fully saturated rings. The second-order valence-corrected chi connectivity index (χ2v) is 8.94. The summed E-state index contributed by atoms with van der Waals surface area (Å²) in [6, 6.07) is 8.17. The Balaban J connectivity index is 1.45. The molecule has 1 saturated heterocycles. The molecule has 170 valence electrons. The van der Waals surface area contributed by atoms with E-state index in [1.54, 1.807) is 24.3 Å². The standard InChI is InChI=1S/C20H19F3N4O4S/c21-20(22,23)19-24-18(25-31-19)6-3-16-7-8-27(14-16)32(28,29)17-4-1-15(2-5-17)13-26-9-11-30-12-10-26/h1-8,14H,9-13H2/b6-3+. The summed E-state index contributed by atoms with van der Waals surface area (Å²) < 4.78 is 73.8. The largest absolute Gasteiger partial charge is 0.471 e. The number of ether oxygens (including phenoxy) is 1. The van der Waals surface area contributed by atoms with Crippen LogP contribution in [0.5, 0.6) is 0 Å². The fourth-order valence-electron chi connectivity index (χ4n) is 3.14. The molecule has 0 bridgehead atoms. The van der Waals surface area contributed by atoms with E-state index in [1.165, 1.54) is 30.6 Å². The average Bonchev–Trinajstić information content (AvgIpc) is 3.43. The van der Waals surface area contributed by atoms with Gasteiger partial charge in [-0.15, -0.1) is 0 Å². The minimum Gasteiger partial charge on any atom is -0.379 e. The SMILES string of the molecule is O=S(=O)(c1ccc(CN2CCOCC2)cc1)n1ccc(/C=C/c2noc(C(F)(F)F)n2)c1. The smallest absolute Gasteiger partial charge is 0.379 e. The first kappa shape index (κ1) is 22.2. The first-order valence-corrected chi connectivity index (χ1v) is 11.1. The topological polar surface area (TPSA) is 90.5 Å². The summed E-state index contributed by atoms with van der Waals surface area (Å²) in [5, 5.41) is 3.22. The van der Waals surface area contributed by atoms with Crippen LogP contribution in [0.4, 0.5) is 13.2 Å². The highest BCUT2D eigenvalue weighted by Crippen LogP contribution is 2.27. The van der Waals surface area contributed by atoms with Crippen LogP contribution in [0.1, 0.15) is 22.8 Å². The molecule has 12 heteroatoms. The van der Waals surface area contributed by atoms with Gasteiger partial charge in [-0.3, -0.25) is 4.90 Å². The van der Waals surface area contributed by atoms with E-state index in [0.717, 1.165) is 22.6 Å². The molecule has 0 atom stereocenters. The highest BCUT2D eigenvalue weighted by molar-refractivity contribution is 7.90. The van der Waals surface area contributed by atoms with Crippen molar-refractivity contribution in [1.29, 1.82) is 0 Å². The lowest BCUT2D eigenvalue weighted by Gasteiger charge is -2.26. The number of aromatic nitrogens is 3. The first-order chi connectivity index (χ1) is 15.2. The zero-order chi connectivity index (χ0) is 22.8. The Morgan fingerprint density at radius 3 is 2.44 bits per heavy atom. The highest BCUT2D eigenvalue weighted by atomic mass is 32.2. The van der Waals surface area contributed by atoms with E-state index in [0.29, 0.717) is 25.3 Å². The molecular formula is C20H19F3N4O4S. The molecular weight excluding hydrogens is 449 g/mol. The Kier molecular flexibility index (Phi) is 6.17. The summed E-state index contributed by atoms with van der Waals surface area (Å²) in [5.41, 5.74) is 1.44. The van der Waals surface area contributed by atoms with Gasteiger partial charge in [0.15, 0.2) is 5.82 Å². The number of rotatable bonds is 6. The lowest BCUT2D eigenvalue weighted by Crippen LogP contribution is -2.35. The van der Waals surface area contributed by atoms with Crippen LogP contribution in [-0.2, 0) is 27.5 Å². The van der Waals surface area contributed by atoms with Crippen molar-refractivity contribution in [3.05, 3.63) is 65.6 Å². The van der Waals surface area contributed by atoms with Crippen molar-refractivity contribution in [2.24, 2.45) is 0 Å². The van der Waals surface area contributed by atoms with Crippen molar-refractivity contribution >= 4 is 22.2 Å². The second-order valence-electron chi connectivity index (χ2n) is 7.10. The zero-order valence-electron chi connectivity index (χ0n) is 16.7. The van der Waals surface area contributed by atoms with Gasteiger partial charge in [-0.1, -0.05) is 17.3 Å². The molecule has 1 aromatic carbocycles. The molecule has 3 heterocycles. The molecule has 0 N–H and O–H groups in total. The number of halogens is 3. The summed E-state index contributed by atoms with van der Waals surface area (Å²) in [7, 11) is -3.82. The van der Waals surface area contributed by atoms with E-state index in [9.17, 15) is 21.6 Å². The molecule has 0 amide bonds. The predicted octanol–water partition coefficient (Wildman–Crippen LogP) is 3.13. The summed E-state index contributed by atoms with van der Waals surface area (Å²) in [6.45, 7) is 3.76. The van der Waals surface area contributed by atoms with Gasteiger partial charge in [0.1, 0.15) is 0 Å². The number of nitrogens with zero attached hydrogens (tertiary/aromatic N) is 4. The minimum absolute atomic E-state index is 0.127. The Labute approximate surface area is 182 Å². The van der Waals surface area contributed by atoms with Crippen molar-refractivity contribution in [2.75, 3.05) is 26.3 Å². The van der Waals surface area contributed by atoms with Crippen molar-refractivity contribution in [2.45, 2.75) is 17.6 Å². The van der Waals surface area contributed by atoms with Crippen LogP contribution in [-0.4, -0.2) is 53.7 Å². The van der Waals surface area contributed by atoms with Crippen molar-refractivity contribution in [1.82, 2.24) is 19.0 Å². The minimum atomic E-state index is -4.73. The van der Waals surface area contributed by atoms with Crippen LogP contribution in [0.15, 0.2) is 52.1 Å². The molecule has 0 aliphatic carbocycles. The number of hydrogen-bond acceptors (Lipinski definition) is 7. The third-order valence-electron chi connectivity index (χ3n) is 4.81. The van der Waals surface area contributed by atoms with Gasteiger partial charge in [0.25, 0.3) is 10.0 Å². The summed E-state index contributed by atoms with van der Waals surface area (Å²) in [5.74, 6) is -1.72. The van der Waals surface area contributed by atoms with Crippen LogP contribution in [0, 0.1) is 0 Å². The van der Waals surface area contributed by atoms with E-state index >= 15 is 0 Å². The number of benzene rings is 1. The lowest BCUT2D eigenvalue weighted by molar-refractivity contribution is -0.159. The number of alkyl halides is 3. The molecule has 0 spiro atoms. The predicted molar refractivity (Wildman–Crippen MR) is 108 cm³/mol. The molecule has 4 rings (SSSR count). The monoisotopic (exact) mass is 468 g/mol. The Hall–Kier alpha value is -2.96. The van der Waals surface area contributed by atoms with Gasteiger partial charge >= 0.3 is 12.1 Å². The quantitative estimate of drug-likeness (QED) is 0.549. The summed E-state index contributed by atoms with van der Waals surface area (Å²) >= 11 is 0. The average molecular weight is 468 g/mol. The Bertz CT molecular complexity index is 1190. The molecule has 8 nitrogen and oxygen atoms in total. The molecule has 1 aliphatic rings. The van der Waals surface area contributed by atoms with Gasteiger partial charge in [0.05, 0.1) is 18.1 Å². The summed E-state index contributed by atoms with van der Waals surface area (Å²) in [6.07, 6.45) is 0.564. The van der Waals surface area contributed by atoms with E-state index in [-0.39, 0.29) is 10.7 Å². The lowest BCUT2D eigenvalue weighted by atomic mass is 10.2. The third kappa shape index (κ3) is 5.09. The molecule has 0 unspecified atom stereocenters. The molecule has 3 aromatic rings. The van der Waals surface area contributed by atoms with Crippen molar-refractivity contribution < 1.29 is 30.8 Å². The normalized spacial score (nSPS) is 16.1. The van der Waals surface area contributed by atoms with Gasteiger partial charge in [-0.2, -0.15) is 18.2 Å². The number of morpholine rings is 1. The molecule has 32 heavy (non-hydrogen) atoms.